The van der Waals surface area contributed by atoms with Gasteiger partial charge in [0, 0.05) is 32.0 Å². The predicted molar refractivity (Wildman–Crippen MR) is 110 cm³/mol. The zero-order valence-corrected chi connectivity index (χ0v) is 18.1. The molecule has 0 fully saturated rings. The maximum atomic E-state index is 11.9. The van der Waals surface area contributed by atoms with Crippen LogP contribution in [0.4, 0.5) is 0 Å². The molecule has 0 aliphatic heterocycles. The number of aryl methyl sites for hydroxylation is 1. The molecule has 8 heteroatoms. The highest BCUT2D eigenvalue weighted by molar-refractivity contribution is 7.92. The topological polar surface area (TPSA) is 89.0 Å². The van der Waals surface area contributed by atoms with Crippen LogP contribution in [0.1, 0.15) is 31.9 Å². The zero-order valence-electron chi connectivity index (χ0n) is 17.3. The fourth-order valence-corrected chi connectivity index (χ4v) is 2.43. The normalized spacial score (nSPS) is 12.7. The molecule has 0 atom stereocenters. The molecule has 0 amide bonds. The lowest BCUT2D eigenvalue weighted by Crippen LogP contribution is -2.47. The molecule has 0 bridgehead atoms. The van der Waals surface area contributed by atoms with Gasteiger partial charge < -0.3 is 20.1 Å². The standard InChI is InChI=1S/C19H33N3O4S/c1-7-20-18(22-14-19(3,4)27(6,23)24)21-13-16-9-8-15(2)12-17(16)26-11-10-25-5/h8-9,12H,7,10-11,13-14H2,1-6H3,(H2,20,21,22). The molecule has 0 aliphatic rings. The number of methoxy groups -OCH3 is 1. The molecule has 0 saturated heterocycles. The maximum Gasteiger partial charge on any atom is 0.191 e. The van der Waals surface area contributed by atoms with Gasteiger partial charge in [0.2, 0.25) is 0 Å². The molecular weight excluding hydrogens is 366 g/mol. The van der Waals surface area contributed by atoms with E-state index in [0.29, 0.717) is 32.3 Å². The number of nitrogens with zero attached hydrogens (tertiary/aromatic N) is 1. The van der Waals surface area contributed by atoms with Crippen molar-refractivity contribution in [2.24, 2.45) is 4.99 Å². The molecule has 0 aromatic heterocycles. The lowest BCUT2D eigenvalue weighted by atomic mass is 10.1. The molecule has 154 valence electrons. The van der Waals surface area contributed by atoms with E-state index in [1.807, 2.05) is 32.0 Å². The summed E-state index contributed by atoms with van der Waals surface area (Å²) >= 11 is 0. The van der Waals surface area contributed by atoms with Gasteiger partial charge in [0.05, 0.1) is 17.9 Å². The van der Waals surface area contributed by atoms with Gasteiger partial charge in [0.1, 0.15) is 12.4 Å². The Bertz CT molecular complexity index is 730. The molecule has 1 aromatic carbocycles. The van der Waals surface area contributed by atoms with Gasteiger partial charge in [-0.3, -0.25) is 0 Å². The Morgan fingerprint density at radius 3 is 2.52 bits per heavy atom. The Kier molecular flexibility index (Phi) is 9.05. The number of rotatable bonds is 10. The highest BCUT2D eigenvalue weighted by atomic mass is 32.2. The van der Waals surface area contributed by atoms with Crippen LogP contribution in [0, 0.1) is 6.92 Å². The maximum absolute atomic E-state index is 11.9. The average molecular weight is 400 g/mol. The van der Waals surface area contributed by atoms with Crippen molar-refractivity contribution in [3.8, 4) is 5.75 Å². The molecular formula is C19H33N3O4S. The minimum Gasteiger partial charge on any atom is -0.491 e. The zero-order chi connectivity index (χ0) is 20.5. The van der Waals surface area contributed by atoms with Gasteiger partial charge >= 0.3 is 0 Å². The number of sulfone groups is 1. The Morgan fingerprint density at radius 1 is 1.22 bits per heavy atom. The fraction of sp³-hybridized carbons (Fsp3) is 0.632. The molecule has 0 aliphatic carbocycles. The summed E-state index contributed by atoms with van der Waals surface area (Å²) in [5, 5.41) is 6.26. The largest absolute Gasteiger partial charge is 0.491 e. The van der Waals surface area contributed by atoms with Gasteiger partial charge in [0.15, 0.2) is 15.8 Å². The van der Waals surface area contributed by atoms with Crippen LogP contribution in [0.15, 0.2) is 23.2 Å². The number of benzene rings is 1. The summed E-state index contributed by atoms with van der Waals surface area (Å²) in [6.07, 6.45) is 1.24. The smallest absolute Gasteiger partial charge is 0.191 e. The molecule has 7 nitrogen and oxygen atoms in total. The van der Waals surface area contributed by atoms with E-state index in [-0.39, 0.29) is 6.54 Å². The highest BCUT2D eigenvalue weighted by Gasteiger charge is 2.30. The molecule has 2 N–H and O–H groups in total. The number of ether oxygens (including phenoxy) is 2. The first-order valence-corrected chi connectivity index (χ1v) is 10.9. The molecule has 0 unspecified atom stereocenters. The minimum absolute atomic E-state index is 0.267. The first kappa shape index (κ1) is 23.2. The number of hydrogen-bond donors (Lipinski definition) is 2. The Hall–Kier alpha value is -1.80. The van der Waals surface area contributed by atoms with Crippen molar-refractivity contribution in [2.45, 2.75) is 39.0 Å². The molecule has 0 heterocycles. The second kappa shape index (κ2) is 10.5. The van der Waals surface area contributed by atoms with Crippen molar-refractivity contribution in [3.63, 3.8) is 0 Å². The van der Waals surface area contributed by atoms with Crippen LogP contribution in [-0.2, 0) is 21.1 Å². The third kappa shape index (κ3) is 7.76. The second-order valence-electron chi connectivity index (χ2n) is 7.03. The number of aliphatic imine (C=N–C) groups is 1. The van der Waals surface area contributed by atoms with Crippen molar-refractivity contribution < 1.29 is 17.9 Å². The van der Waals surface area contributed by atoms with Gasteiger partial charge in [-0.25, -0.2) is 13.4 Å². The van der Waals surface area contributed by atoms with E-state index >= 15 is 0 Å². The first-order chi connectivity index (χ1) is 12.6. The van der Waals surface area contributed by atoms with E-state index in [1.54, 1.807) is 21.0 Å². The second-order valence-corrected chi connectivity index (χ2v) is 9.68. The summed E-state index contributed by atoms with van der Waals surface area (Å²) in [5.41, 5.74) is 2.06. The molecule has 1 rings (SSSR count). The Labute approximate surface area is 163 Å². The predicted octanol–water partition coefficient (Wildman–Crippen LogP) is 1.90. The van der Waals surface area contributed by atoms with Gasteiger partial charge in [-0.1, -0.05) is 12.1 Å². The average Bonchev–Trinajstić information content (AvgIpc) is 2.58. The summed E-state index contributed by atoms with van der Waals surface area (Å²) in [5.74, 6) is 1.35. The molecule has 0 saturated carbocycles. The Balaban J connectivity index is 2.88. The highest BCUT2D eigenvalue weighted by Crippen LogP contribution is 2.21. The van der Waals surface area contributed by atoms with Crippen LogP contribution >= 0.6 is 0 Å². The number of guanidine groups is 1. The summed E-state index contributed by atoms with van der Waals surface area (Å²) < 4.78 is 33.7. The molecule has 0 spiro atoms. The molecule has 1 aromatic rings. The van der Waals surface area contributed by atoms with Crippen LogP contribution < -0.4 is 15.4 Å². The summed E-state index contributed by atoms with van der Waals surface area (Å²) in [7, 11) is -1.55. The van der Waals surface area contributed by atoms with Gasteiger partial charge in [-0.2, -0.15) is 0 Å². The van der Waals surface area contributed by atoms with Gasteiger partial charge in [0.25, 0.3) is 0 Å². The van der Waals surface area contributed by atoms with Crippen LogP contribution in [0.25, 0.3) is 0 Å². The number of nitrogens with one attached hydrogen (secondary N) is 2. The third-order valence-corrected chi connectivity index (χ3v) is 6.36. The van der Waals surface area contributed by atoms with Crippen molar-refractivity contribution in [1.29, 1.82) is 0 Å². The van der Waals surface area contributed by atoms with Crippen molar-refractivity contribution in [3.05, 3.63) is 29.3 Å². The van der Waals surface area contributed by atoms with Crippen LogP contribution in [0.5, 0.6) is 5.75 Å². The van der Waals surface area contributed by atoms with Crippen molar-refractivity contribution in [2.75, 3.05) is 39.7 Å². The Morgan fingerprint density at radius 2 is 1.93 bits per heavy atom. The van der Waals surface area contributed by atoms with Crippen LogP contribution in [-0.4, -0.2) is 58.8 Å². The van der Waals surface area contributed by atoms with E-state index < -0.39 is 14.6 Å². The van der Waals surface area contributed by atoms with E-state index in [9.17, 15) is 8.42 Å². The lowest BCUT2D eigenvalue weighted by Gasteiger charge is -2.24. The summed E-state index contributed by atoms with van der Waals surface area (Å²) in [6, 6.07) is 5.99. The monoisotopic (exact) mass is 399 g/mol. The van der Waals surface area contributed by atoms with Gasteiger partial charge in [-0.15, -0.1) is 0 Å². The van der Waals surface area contributed by atoms with Crippen LogP contribution in [0.2, 0.25) is 0 Å². The van der Waals surface area contributed by atoms with Crippen LogP contribution in [0.3, 0.4) is 0 Å². The third-order valence-electron chi connectivity index (χ3n) is 4.20. The lowest BCUT2D eigenvalue weighted by molar-refractivity contribution is 0.145. The minimum atomic E-state index is -3.18. The van der Waals surface area contributed by atoms with Gasteiger partial charge in [-0.05, 0) is 39.3 Å². The number of hydrogen-bond acceptors (Lipinski definition) is 5. The fourth-order valence-electron chi connectivity index (χ4n) is 2.10. The summed E-state index contributed by atoms with van der Waals surface area (Å²) in [6.45, 7) is 9.70. The SMILES string of the molecule is CCNC(=NCc1ccc(C)cc1OCCOC)NCC(C)(C)S(C)(=O)=O. The van der Waals surface area contributed by atoms with E-state index in [0.717, 1.165) is 16.9 Å². The van der Waals surface area contributed by atoms with E-state index in [1.165, 1.54) is 6.26 Å². The van der Waals surface area contributed by atoms with Crippen molar-refractivity contribution in [1.82, 2.24) is 10.6 Å². The molecule has 27 heavy (non-hydrogen) atoms. The van der Waals surface area contributed by atoms with Crippen molar-refractivity contribution >= 4 is 15.8 Å². The van der Waals surface area contributed by atoms with E-state index in [4.69, 9.17) is 9.47 Å². The molecule has 0 radical (unpaired) electrons. The van der Waals surface area contributed by atoms with E-state index in [2.05, 4.69) is 15.6 Å². The quantitative estimate of drug-likeness (QED) is 0.355. The summed E-state index contributed by atoms with van der Waals surface area (Å²) in [4.78, 5) is 4.58. The first-order valence-electron chi connectivity index (χ1n) is 9.03.